The largest absolute Gasteiger partial charge is 0.371 e. The van der Waals surface area contributed by atoms with Gasteiger partial charge < -0.3 is 10.1 Å². The Kier molecular flexibility index (Phi) is 6.13. The summed E-state index contributed by atoms with van der Waals surface area (Å²) in [6.45, 7) is 1.46. The number of benzene rings is 1. The molecular weight excluding hydrogens is 396 g/mol. The zero-order valence-electron chi connectivity index (χ0n) is 15.4. The van der Waals surface area contributed by atoms with Crippen LogP contribution in [0.3, 0.4) is 0 Å². The summed E-state index contributed by atoms with van der Waals surface area (Å²) in [6.07, 6.45) is 5.03. The van der Waals surface area contributed by atoms with Crippen LogP contribution >= 0.6 is 22.9 Å². The van der Waals surface area contributed by atoms with Crippen LogP contribution in [0.15, 0.2) is 29.1 Å². The van der Waals surface area contributed by atoms with Crippen molar-refractivity contribution in [3.63, 3.8) is 0 Å². The Labute approximate surface area is 170 Å². The van der Waals surface area contributed by atoms with Gasteiger partial charge in [-0.3, -0.25) is 13.5 Å². The minimum absolute atomic E-state index is 0.0282. The first kappa shape index (κ1) is 19.2. The summed E-state index contributed by atoms with van der Waals surface area (Å²) in [6, 6.07) is 7.68. The summed E-state index contributed by atoms with van der Waals surface area (Å²) >= 11 is 2.89. The molecule has 0 bridgehead atoms. The van der Waals surface area contributed by atoms with Gasteiger partial charge in [0.25, 0.3) is 5.56 Å². The molecular formula is C19H22N4O3S2. The molecule has 3 aromatic rings. The van der Waals surface area contributed by atoms with Gasteiger partial charge in [0, 0.05) is 19.6 Å². The van der Waals surface area contributed by atoms with E-state index in [0.29, 0.717) is 18.1 Å². The lowest BCUT2D eigenvalue weighted by molar-refractivity contribution is -0.116. The standard InChI is InChI=1S/C19H22N4O3S2/c24-16(20-19-22-21-17(27-19)14-8-6-12-26-14)10-2-1-5-11-23-18(25)13-7-3-4-9-15(13)28-23/h3-4,7,9,14H,1-2,5-6,8,10-12H2,(H,20,22,24). The Bertz CT molecular complexity index is 1000. The van der Waals surface area contributed by atoms with Crippen LogP contribution in [-0.4, -0.2) is 26.7 Å². The number of nitrogens with one attached hydrogen (secondary N) is 1. The van der Waals surface area contributed by atoms with E-state index in [0.717, 1.165) is 53.8 Å². The predicted octanol–water partition coefficient (Wildman–Crippen LogP) is 3.97. The number of carbonyl (C=O) groups excluding carboxylic acids is 1. The molecule has 1 N–H and O–H groups in total. The van der Waals surface area contributed by atoms with Crippen molar-refractivity contribution < 1.29 is 9.53 Å². The van der Waals surface area contributed by atoms with Crippen LogP contribution < -0.4 is 10.9 Å². The maximum absolute atomic E-state index is 12.3. The topological polar surface area (TPSA) is 86.1 Å². The van der Waals surface area contributed by atoms with Gasteiger partial charge in [0.15, 0.2) is 0 Å². The molecule has 1 unspecified atom stereocenters. The lowest BCUT2D eigenvalue weighted by Crippen LogP contribution is -2.13. The summed E-state index contributed by atoms with van der Waals surface area (Å²) in [7, 11) is 0. The molecule has 0 radical (unpaired) electrons. The molecule has 0 spiro atoms. The number of hydrogen-bond acceptors (Lipinski definition) is 7. The van der Waals surface area contributed by atoms with Crippen LogP contribution in [0.1, 0.15) is 49.6 Å². The fourth-order valence-corrected chi connectivity index (χ4v) is 5.13. The molecule has 1 aliphatic heterocycles. The van der Waals surface area contributed by atoms with Gasteiger partial charge in [-0.05, 0) is 37.8 Å². The highest BCUT2D eigenvalue weighted by molar-refractivity contribution is 7.15. The van der Waals surface area contributed by atoms with Crippen LogP contribution in [0, 0.1) is 0 Å². The summed E-state index contributed by atoms with van der Waals surface area (Å²) in [5, 5.41) is 13.1. The number of fused-ring (bicyclic) bond motifs is 1. The van der Waals surface area contributed by atoms with E-state index in [4.69, 9.17) is 4.74 Å². The molecule has 3 heterocycles. The second kappa shape index (κ2) is 8.93. The third kappa shape index (κ3) is 4.48. The van der Waals surface area contributed by atoms with Crippen molar-refractivity contribution in [1.82, 2.24) is 14.2 Å². The highest BCUT2D eigenvalue weighted by Gasteiger charge is 2.22. The minimum Gasteiger partial charge on any atom is -0.371 e. The number of aromatic nitrogens is 3. The fourth-order valence-electron chi connectivity index (χ4n) is 3.25. The quantitative estimate of drug-likeness (QED) is 0.560. The van der Waals surface area contributed by atoms with E-state index in [1.54, 1.807) is 3.96 Å². The molecule has 1 fully saturated rings. The second-order valence-electron chi connectivity index (χ2n) is 6.80. The fraction of sp³-hybridized carbons (Fsp3) is 0.474. The SMILES string of the molecule is O=C(CCCCCn1sc2ccccc2c1=O)Nc1nnc(C2CCCO2)s1. The molecule has 1 aliphatic rings. The number of amides is 1. The zero-order valence-corrected chi connectivity index (χ0v) is 17.1. The molecule has 4 rings (SSSR count). The smallest absolute Gasteiger partial charge is 0.268 e. The van der Waals surface area contributed by atoms with Crippen LogP contribution in [-0.2, 0) is 16.1 Å². The summed E-state index contributed by atoms with van der Waals surface area (Å²) in [5.74, 6) is -0.0472. The lowest BCUT2D eigenvalue weighted by atomic mass is 10.2. The molecule has 148 valence electrons. The Morgan fingerprint density at radius 2 is 2.14 bits per heavy atom. The van der Waals surface area contributed by atoms with E-state index in [9.17, 15) is 9.59 Å². The molecule has 1 atom stereocenters. The van der Waals surface area contributed by atoms with Crippen LogP contribution in [0.25, 0.3) is 10.1 Å². The first-order valence-corrected chi connectivity index (χ1v) is 11.1. The molecule has 9 heteroatoms. The molecule has 2 aromatic heterocycles. The van der Waals surface area contributed by atoms with E-state index < -0.39 is 0 Å². The number of unbranched alkanes of at least 4 members (excludes halogenated alkanes) is 2. The first-order chi connectivity index (χ1) is 13.7. The van der Waals surface area contributed by atoms with E-state index in [1.807, 2.05) is 24.3 Å². The van der Waals surface area contributed by atoms with Crippen molar-refractivity contribution in [3.8, 4) is 0 Å². The highest BCUT2D eigenvalue weighted by atomic mass is 32.1. The van der Waals surface area contributed by atoms with Crippen molar-refractivity contribution in [3.05, 3.63) is 39.6 Å². The van der Waals surface area contributed by atoms with E-state index in [1.165, 1.54) is 22.9 Å². The van der Waals surface area contributed by atoms with Gasteiger partial charge in [0.2, 0.25) is 11.0 Å². The van der Waals surface area contributed by atoms with Gasteiger partial charge in [-0.2, -0.15) is 0 Å². The number of rotatable bonds is 8. The Morgan fingerprint density at radius 3 is 2.96 bits per heavy atom. The molecule has 0 saturated carbocycles. The van der Waals surface area contributed by atoms with Gasteiger partial charge >= 0.3 is 0 Å². The van der Waals surface area contributed by atoms with Crippen LogP contribution in [0.5, 0.6) is 0 Å². The summed E-state index contributed by atoms with van der Waals surface area (Å²) in [5.41, 5.74) is 0.0802. The molecule has 1 aromatic carbocycles. The van der Waals surface area contributed by atoms with Crippen LogP contribution in [0.2, 0.25) is 0 Å². The number of aryl methyl sites for hydroxylation is 1. The van der Waals surface area contributed by atoms with Gasteiger partial charge in [0.1, 0.15) is 11.1 Å². The molecule has 1 saturated heterocycles. The van der Waals surface area contributed by atoms with Gasteiger partial charge in [-0.15, -0.1) is 10.2 Å². The maximum Gasteiger partial charge on any atom is 0.268 e. The van der Waals surface area contributed by atoms with E-state index in [-0.39, 0.29) is 17.6 Å². The minimum atomic E-state index is -0.0472. The number of anilines is 1. The zero-order chi connectivity index (χ0) is 19.3. The van der Waals surface area contributed by atoms with Gasteiger partial charge in [-0.25, -0.2) is 0 Å². The van der Waals surface area contributed by atoms with Crippen molar-refractivity contribution >= 4 is 44.0 Å². The predicted molar refractivity (Wildman–Crippen MR) is 111 cm³/mol. The Morgan fingerprint density at radius 1 is 1.25 bits per heavy atom. The number of nitrogens with zero attached hydrogens (tertiary/aromatic N) is 3. The third-order valence-corrected chi connectivity index (χ3v) is 6.76. The number of hydrogen-bond donors (Lipinski definition) is 1. The van der Waals surface area contributed by atoms with E-state index in [2.05, 4.69) is 15.5 Å². The monoisotopic (exact) mass is 418 g/mol. The second-order valence-corrected chi connectivity index (χ2v) is 8.87. The van der Waals surface area contributed by atoms with Gasteiger partial charge in [0.05, 0.1) is 10.1 Å². The normalized spacial score (nSPS) is 16.6. The first-order valence-electron chi connectivity index (χ1n) is 9.54. The highest BCUT2D eigenvalue weighted by Crippen LogP contribution is 2.31. The molecule has 0 aliphatic carbocycles. The maximum atomic E-state index is 12.3. The summed E-state index contributed by atoms with van der Waals surface area (Å²) in [4.78, 5) is 24.4. The van der Waals surface area contributed by atoms with Crippen molar-refractivity contribution in [2.75, 3.05) is 11.9 Å². The summed E-state index contributed by atoms with van der Waals surface area (Å²) < 4.78 is 8.41. The lowest BCUT2D eigenvalue weighted by Gasteiger charge is -2.03. The Hall–Kier alpha value is -2.10. The third-order valence-electron chi connectivity index (χ3n) is 4.71. The van der Waals surface area contributed by atoms with Crippen molar-refractivity contribution in [2.45, 2.75) is 51.2 Å². The van der Waals surface area contributed by atoms with Gasteiger partial charge in [-0.1, -0.05) is 41.4 Å². The Balaban J connectivity index is 1.18. The van der Waals surface area contributed by atoms with Crippen LogP contribution in [0.4, 0.5) is 5.13 Å². The van der Waals surface area contributed by atoms with Crippen molar-refractivity contribution in [1.29, 1.82) is 0 Å². The average molecular weight is 419 g/mol. The number of ether oxygens (including phenoxy) is 1. The van der Waals surface area contributed by atoms with Crippen molar-refractivity contribution in [2.24, 2.45) is 0 Å². The molecule has 28 heavy (non-hydrogen) atoms. The average Bonchev–Trinajstić information content (AvgIpc) is 3.43. The molecule has 1 amide bonds. The molecule has 7 nitrogen and oxygen atoms in total. The number of carbonyl (C=O) groups is 1. The van der Waals surface area contributed by atoms with E-state index >= 15 is 0 Å².